The molecule has 1 aromatic carbocycles. The molecule has 3 atom stereocenters. The standard InChI is InChI=1S/C28H32ClN5O3/c29-20-4-7-25-24(16-20)23-8-11-34(28-30-9-1-10-31-28)27(26(23)32-25)19-2-5-22(6-3-19)37-18-21(35)17-33-12-14-36-15-13-33/h1-3,5-7,9-10,16,20-21,27,32,35H,4,8,11-15,17-18H2/t20?,21-,27-/m0/s1. The minimum absolute atomic E-state index is 0.0244. The fourth-order valence-electron chi connectivity index (χ4n) is 5.52. The Labute approximate surface area is 221 Å². The number of rotatable bonds is 7. The Hall–Kier alpha value is -2.91. The highest BCUT2D eigenvalue weighted by atomic mass is 35.5. The first-order valence-electron chi connectivity index (χ1n) is 13.0. The number of benzene rings is 1. The fourth-order valence-corrected chi connectivity index (χ4v) is 5.74. The van der Waals surface area contributed by atoms with E-state index in [1.54, 1.807) is 12.4 Å². The van der Waals surface area contributed by atoms with Crippen LogP contribution in [0.2, 0.25) is 0 Å². The number of hydrogen-bond acceptors (Lipinski definition) is 7. The van der Waals surface area contributed by atoms with Crippen molar-refractivity contribution in [2.45, 2.75) is 30.4 Å². The van der Waals surface area contributed by atoms with Gasteiger partial charge in [-0.05, 0) is 42.2 Å². The summed E-state index contributed by atoms with van der Waals surface area (Å²) in [5, 5.41) is 12.8. The van der Waals surface area contributed by atoms with E-state index in [4.69, 9.17) is 21.1 Å². The molecule has 2 aliphatic heterocycles. The number of aromatic amines is 1. The summed E-state index contributed by atoms with van der Waals surface area (Å²) < 4.78 is 11.3. The molecule has 6 rings (SSSR count). The molecule has 2 aromatic heterocycles. The van der Waals surface area contributed by atoms with Gasteiger partial charge in [0.2, 0.25) is 5.95 Å². The second-order valence-corrected chi connectivity index (χ2v) is 10.4. The smallest absolute Gasteiger partial charge is 0.226 e. The second-order valence-electron chi connectivity index (χ2n) is 9.81. The molecule has 1 saturated heterocycles. The number of halogens is 1. The van der Waals surface area contributed by atoms with Crippen LogP contribution in [0.25, 0.3) is 12.2 Å². The number of ether oxygens (including phenoxy) is 2. The quantitative estimate of drug-likeness (QED) is 0.457. The van der Waals surface area contributed by atoms with Crippen molar-refractivity contribution >= 4 is 29.7 Å². The minimum Gasteiger partial charge on any atom is -0.491 e. The Morgan fingerprint density at radius 3 is 2.70 bits per heavy atom. The first-order valence-corrected chi connectivity index (χ1v) is 13.4. The topological polar surface area (TPSA) is 86.7 Å². The van der Waals surface area contributed by atoms with Crippen LogP contribution in [0.15, 0.2) is 42.7 Å². The van der Waals surface area contributed by atoms with Gasteiger partial charge in [0.15, 0.2) is 0 Å². The normalized spacial score (nSPS) is 22.4. The lowest BCUT2D eigenvalue weighted by molar-refractivity contribution is 0.00465. The summed E-state index contributed by atoms with van der Waals surface area (Å²) in [5.41, 5.74) is 3.60. The summed E-state index contributed by atoms with van der Waals surface area (Å²) in [4.78, 5) is 17.3. The zero-order valence-corrected chi connectivity index (χ0v) is 21.5. The summed E-state index contributed by atoms with van der Waals surface area (Å²) in [6.07, 6.45) is 9.12. The number of alkyl halides is 1. The molecule has 9 heteroatoms. The van der Waals surface area contributed by atoms with Crippen LogP contribution < -0.4 is 20.2 Å². The maximum atomic E-state index is 10.4. The van der Waals surface area contributed by atoms with Crippen molar-refractivity contribution in [2.24, 2.45) is 0 Å². The van der Waals surface area contributed by atoms with E-state index in [0.29, 0.717) is 12.5 Å². The van der Waals surface area contributed by atoms with Crippen LogP contribution in [0.4, 0.5) is 5.95 Å². The SMILES string of the molecule is O[C@H](COc1ccc([C@H]2c3[nH]c4c(c3CCN2c2ncccn2)=CC(Cl)CC=4)cc1)CN1CCOCC1. The van der Waals surface area contributed by atoms with Crippen LogP contribution in [0.3, 0.4) is 0 Å². The van der Waals surface area contributed by atoms with E-state index in [0.717, 1.165) is 68.0 Å². The van der Waals surface area contributed by atoms with Crippen LogP contribution in [0.1, 0.15) is 29.3 Å². The summed E-state index contributed by atoms with van der Waals surface area (Å²) in [7, 11) is 0. The molecule has 3 aliphatic rings. The zero-order chi connectivity index (χ0) is 25.2. The van der Waals surface area contributed by atoms with Gasteiger partial charge in [-0.2, -0.15) is 0 Å². The summed E-state index contributed by atoms with van der Waals surface area (Å²) in [6.45, 7) is 4.78. The van der Waals surface area contributed by atoms with E-state index < -0.39 is 6.10 Å². The van der Waals surface area contributed by atoms with Crippen LogP contribution in [-0.4, -0.2) is 82.4 Å². The van der Waals surface area contributed by atoms with Gasteiger partial charge >= 0.3 is 0 Å². The van der Waals surface area contributed by atoms with Crippen molar-refractivity contribution in [1.82, 2.24) is 19.9 Å². The Morgan fingerprint density at radius 2 is 1.92 bits per heavy atom. The predicted octanol–water partition coefficient (Wildman–Crippen LogP) is 1.60. The molecular formula is C28H32ClN5O3. The molecule has 37 heavy (non-hydrogen) atoms. The van der Waals surface area contributed by atoms with Gasteiger partial charge in [0.05, 0.1) is 24.6 Å². The van der Waals surface area contributed by atoms with Crippen molar-refractivity contribution in [3.8, 4) is 5.75 Å². The predicted molar refractivity (Wildman–Crippen MR) is 143 cm³/mol. The Balaban J connectivity index is 1.24. The monoisotopic (exact) mass is 521 g/mol. The van der Waals surface area contributed by atoms with Crippen LogP contribution in [0, 0.1) is 0 Å². The minimum atomic E-state index is -0.548. The highest BCUT2D eigenvalue weighted by Crippen LogP contribution is 2.35. The third-order valence-electron chi connectivity index (χ3n) is 7.31. The number of morpholine rings is 1. The van der Waals surface area contributed by atoms with Crippen LogP contribution in [0.5, 0.6) is 5.75 Å². The van der Waals surface area contributed by atoms with E-state index in [-0.39, 0.29) is 18.0 Å². The third kappa shape index (κ3) is 5.25. The molecule has 0 bridgehead atoms. The van der Waals surface area contributed by atoms with Crippen molar-refractivity contribution in [3.63, 3.8) is 0 Å². The number of aliphatic hydroxyl groups excluding tert-OH is 1. The van der Waals surface area contributed by atoms with Crippen LogP contribution in [-0.2, 0) is 11.2 Å². The number of anilines is 1. The molecule has 0 spiro atoms. The average Bonchev–Trinajstić information content (AvgIpc) is 3.30. The first-order chi connectivity index (χ1) is 18.2. The number of β-amino-alcohol motifs (C(OH)–C–C–N with tert-alkyl or cyclic N) is 1. The van der Waals surface area contributed by atoms with Gasteiger partial charge in [-0.15, -0.1) is 11.6 Å². The van der Waals surface area contributed by atoms with Gasteiger partial charge in [-0.1, -0.05) is 24.3 Å². The maximum Gasteiger partial charge on any atom is 0.226 e. The van der Waals surface area contributed by atoms with E-state index in [2.05, 4.69) is 49.0 Å². The van der Waals surface area contributed by atoms with E-state index in [1.165, 1.54) is 10.8 Å². The highest BCUT2D eigenvalue weighted by molar-refractivity contribution is 6.24. The Morgan fingerprint density at radius 1 is 1.14 bits per heavy atom. The zero-order valence-electron chi connectivity index (χ0n) is 20.7. The van der Waals surface area contributed by atoms with Crippen molar-refractivity contribution in [2.75, 3.05) is 50.9 Å². The number of H-pyrrole nitrogens is 1. The highest BCUT2D eigenvalue weighted by Gasteiger charge is 2.33. The molecule has 1 aliphatic carbocycles. The van der Waals surface area contributed by atoms with Gasteiger partial charge in [0, 0.05) is 54.8 Å². The van der Waals surface area contributed by atoms with Gasteiger partial charge < -0.3 is 24.5 Å². The molecule has 0 radical (unpaired) electrons. The lowest BCUT2D eigenvalue weighted by Gasteiger charge is -2.36. The van der Waals surface area contributed by atoms with Crippen molar-refractivity contribution in [1.29, 1.82) is 0 Å². The number of hydrogen-bond donors (Lipinski definition) is 2. The van der Waals surface area contributed by atoms with Crippen LogP contribution >= 0.6 is 11.6 Å². The molecule has 194 valence electrons. The van der Waals surface area contributed by atoms with Crippen molar-refractivity contribution < 1.29 is 14.6 Å². The lowest BCUT2D eigenvalue weighted by Crippen LogP contribution is -2.42. The first kappa shape index (κ1) is 24.4. The second kappa shape index (κ2) is 10.8. The number of aliphatic hydroxyl groups is 1. The number of nitrogens with zero attached hydrogens (tertiary/aromatic N) is 4. The molecule has 1 fully saturated rings. The van der Waals surface area contributed by atoms with E-state index in [1.807, 2.05) is 18.2 Å². The number of nitrogens with one attached hydrogen (secondary N) is 1. The van der Waals surface area contributed by atoms with Crippen molar-refractivity contribution in [3.05, 3.63) is 70.1 Å². The molecule has 0 amide bonds. The number of aromatic nitrogens is 3. The third-order valence-corrected chi connectivity index (χ3v) is 7.62. The maximum absolute atomic E-state index is 10.4. The fraction of sp³-hybridized carbons (Fsp3) is 0.429. The van der Waals surface area contributed by atoms with E-state index in [9.17, 15) is 5.11 Å². The largest absolute Gasteiger partial charge is 0.491 e. The van der Waals surface area contributed by atoms with Gasteiger partial charge in [-0.25, -0.2) is 9.97 Å². The van der Waals surface area contributed by atoms with E-state index >= 15 is 0 Å². The summed E-state index contributed by atoms with van der Waals surface area (Å²) in [6, 6.07) is 9.92. The Bertz CT molecular complexity index is 1320. The molecule has 8 nitrogen and oxygen atoms in total. The molecular weight excluding hydrogens is 490 g/mol. The summed E-state index contributed by atoms with van der Waals surface area (Å²) in [5.74, 6) is 1.45. The van der Waals surface area contributed by atoms with Gasteiger partial charge in [0.25, 0.3) is 0 Å². The summed E-state index contributed by atoms with van der Waals surface area (Å²) >= 11 is 6.47. The molecule has 3 aromatic rings. The molecule has 4 heterocycles. The van der Waals surface area contributed by atoms with Gasteiger partial charge in [0.1, 0.15) is 18.5 Å². The molecule has 0 saturated carbocycles. The molecule has 2 N–H and O–H groups in total. The lowest BCUT2D eigenvalue weighted by atomic mass is 9.92. The van der Waals surface area contributed by atoms with Gasteiger partial charge in [-0.3, -0.25) is 4.90 Å². The Kier molecular flexibility index (Phi) is 7.15. The molecule has 1 unspecified atom stereocenters. The number of fused-ring (bicyclic) bond motifs is 3. The average molecular weight is 522 g/mol.